The Balaban J connectivity index is 2.53. The number of carbonyl (C=O) groups is 1. The third-order valence-corrected chi connectivity index (χ3v) is 2.70. The minimum Gasteiger partial charge on any atom is -0.497 e. The molecule has 1 heterocycles. The van der Waals surface area contributed by atoms with Crippen molar-refractivity contribution in [1.82, 2.24) is 0 Å². The van der Waals surface area contributed by atoms with Crippen molar-refractivity contribution in [2.75, 3.05) is 12.0 Å². The van der Waals surface area contributed by atoms with Crippen molar-refractivity contribution in [1.29, 1.82) is 5.26 Å². The zero-order valence-corrected chi connectivity index (χ0v) is 9.68. The zero-order chi connectivity index (χ0) is 12.4. The molecule has 1 amide bonds. The van der Waals surface area contributed by atoms with Crippen molar-refractivity contribution >= 4 is 17.7 Å². The van der Waals surface area contributed by atoms with Gasteiger partial charge in [-0.05, 0) is 24.3 Å². The second-order valence-corrected chi connectivity index (χ2v) is 3.75. The van der Waals surface area contributed by atoms with Crippen molar-refractivity contribution < 1.29 is 9.53 Å². The number of nitriles is 1. The Morgan fingerprint density at radius 1 is 1.53 bits per heavy atom. The summed E-state index contributed by atoms with van der Waals surface area (Å²) < 4.78 is 5.13. The number of hydrogen-bond acceptors (Lipinski definition) is 3. The number of rotatable bonds is 1. The van der Waals surface area contributed by atoms with E-state index in [9.17, 15) is 4.79 Å². The van der Waals surface area contributed by atoms with E-state index in [0.717, 1.165) is 17.0 Å². The molecule has 1 unspecified atom stereocenters. The number of benzene rings is 1. The average Bonchev–Trinajstić information content (AvgIpc) is 2.36. The van der Waals surface area contributed by atoms with Gasteiger partial charge in [0, 0.05) is 12.5 Å². The topological polar surface area (TPSA) is 53.3 Å². The van der Waals surface area contributed by atoms with Crippen LogP contribution in [0.3, 0.4) is 0 Å². The van der Waals surface area contributed by atoms with E-state index in [4.69, 9.17) is 10.00 Å². The Bertz CT molecular complexity index is 529. The molecule has 1 aromatic rings. The van der Waals surface area contributed by atoms with Crippen molar-refractivity contribution in [3.05, 3.63) is 29.8 Å². The molecule has 86 valence electrons. The van der Waals surface area contributed by atoms with Crippen molar-refractivity contribution in [3.63, 3.8) is 0 Å². The van der Waals surface area contributed by atoms with Crippen LogP contribution in [0.4, 0.5) is 5.69 Å². The van der Waals surface area contributed by atoms with Crippen LogP contribution >= 0.6 is 0 Å². The molecule has 1 aromatic carbocycles. The van der Waals surface area contributed by atoms with Crippen LogP contribution in [0, 0.1) is 11.3 Å². The second-order valence-electron chi connectivity index (χ2n) is 3.75. The van der Waals surface area contributed by atoms with Gasteiger partial charge in [-0.1, -0.05) is 6.08 Å². The highest BCUT2D eigenvalue weighted by molar-refractivity contribution is 5.97. The summed E-state index contributed by atoms with van der Waals surface area (Å²) in [6.07, 6.45) is 3.55. The summed E-state index contributed by atoms with van der Waals surface area (Å²) in [5.74, 6) is 0.583. The summed E-state index contributed by atoms with van der Waals surface area (Å²) in [4.78, 5) is 13.1. The third kappa shape index (κ3) is 1.87. The van der Waals surface area contributed by atoms with E-state index in [0.29, 0.717) is 0 Å². The first-order chi connectivity index (χ1) is 8.17. The van der Waals surface area contributed by atoms with Gasteiger partial charge in [0.2, 0.25) is 5.91 Å². The summed E-state index contributed by atoms with van der Waals surface area (Å²) in [6.45, 7) is 1.46. The highest BCUT2D eigenvalue weighted by Crippen LogP contribution is 2.31. The van der Waals surface area contributed by atoms with Gasteiger partial charge in [0.25, 0.3) is 0 Å². The largest absolute Gasteiger partial charge is 0.497 e. The lowest BCUT2D eigenvalue weighted by molar-refractivity contribution is -0.116. The van der Waals surface area contributed by atoms with Crippen molar-refractivity contribution in [2.45, 2.75) is 13.0 Å². The van der Waals surface area contributed by atoms with Crippen molar-refractivity contribution in [2.24, 2.45) is 0 Å². The highest BCUT2D eigenvalue weighted by Gasteiger charge is 2.25. The van der Waals surface area contributed by atoms with E-state index >= 15 is 0 Å². The van der Waals surface area contributed by atoms with Gasteiger partial charge in [0.05, 0.1) is 18.9 Å². The van der Waals surface area contributed by atoms with E-state index < -0.39 is 6.04 Å². The SMILES string of the molecule is COc1ccc2c(c1)C=CC(C#N)N2C(C)=O. The maximum atomic E-state index is 11.6. The standard InChI is InChI=1S/C13H12N2O2/c1-9(16)15-11(8-14)4-3-10-7-12(17-2)5-6-13(10)15/h3-7,11H,1-2H3. The Morgan fingerprint density at radius 2 is 2.29 bits per heavy atom. The lowest BCUT2D eigenvalue weighted by atomic mass is 10.0. The van der Waals surface area contributed by atoms with Gasteiger partial charge in [0.1, 0.15) is 11.8 Å². The molecule has 0 aromatic heterocycles. The fraction of sp³-hybridized carbons (Fsp3) is 0.231. The summed E-state index contributed by atoms with van der Waals surface area (Å²) in [6, 6.07) is 6.98. The molecule has 0 bridgehead atoms. The Kier molecular flexibility index (Phi) is 2.84. The average molecular weight is 228 g/mol. The van der Waals surface area contributed by atoms with Gasteiger partial charge in [-0.25, -0.2) is 0 Å². The number of nitrogens with zero attached hydrogens (tertiary/aromatic N) is 2. The highest BCUT2D eigenvalue weighted by atomic mass is 16.5. The number of hydrogen-bond donors (Lipinski definition) is 0. The van der Waals surface area contributed by atoms with Gasteiger partial charge < -0.3 is 4.74 Å². The van der Waals surface area contributed by atoms with Crippen molar-refractivity contribution in [3.8, 4) is 11.8 Å². The van der Waals surface area contributed by atoms with E-state index in [1.165, 1.54) is 11.8 Å². The Labute approximate surface area is 99.7 Å². The van der Waals surface area contributed by atoms with Gasteiger partial charge in [-0.3, -0.25) is 9.69 Å². The molecule has 0 saturated carbocycles. The zero-order valence-electron chi connectivity index (χ0n) is 9.68. The van der Waals surface area contributed by atoms with Crippen LogP contribution in [0.5, 0.6) is 5.75 Å². The molecule has 4 nitrogen and oxygen atoms in total. The lowest BCUT2D eigenvalue weighted by Crippen LogP contribution is -2.38. The predicted octanol–water partition coefficient (Wildman–Crippen LogP) is 1.97. The number of methoxy groups -OCH3 is 1. The van der Waals surface area contributed by atoms with Gasteiger partial charge in [-0.15, -0.1) is 0 Å². The predicted molar refractivity (Wildman–Crippen MR) is 64.6 cm³/mol. The number of fused-ring (bicyclic) bond motifs is 1. The number of amides is 1. The molecule has 17 heavy (non-hydrogen) atoms. The normalized spacial score (nSPS) is 17.2. The van der Waals surface area contributed by atoms with E-state index in [-0.39, 0.29) is 5.91 Å². The van der Waals surface area contributed by atoms with Gasteiger partial charge >= 0.3 is 0 Å². The van der Waals surface area contributed by atoms with Crippen LogP contribution in [0.1, 0.15) is 12.5 Å². The Hall–Kier alpha value is -2.28. The first kappa shape index (κ1) is 11.2. The molecular weight excluding hydrogens is 216 g/mol. The summed E-state index contributed by atoms with van der Waals surface area (Å²) >= 11 is 0. The van der Waals surface area contributed by atoms with E-state index in [1.54, 1.807) is 25.3 Å². The molecule has 0 radical (unpaired) electrons. The first-order valence-corrected chi connectivity index (χ1v) is 5.23. The van der Waals surface area contributed by atoms with Crippen LogP contribution < -0.4 is 9.64 Å². The molecular formula is C13H12N2O2. The molecule has 0 N–H and O–H groups in total. The monoisotopic (exact) mass is 228 g/mol. The van der Waals surface area contributed by atoms with E-state index in [2.05, 4.69) is 6.07 Å². The number of carbonyl (C=O) groups excluding carboxylic acids is 1. The molecule has 1 atom stereocenters. The summed E-state index contributed by atoms with van der Waals surface area (Å²) in [5, 5.41) is 9.02. The fourth-order valence-electron chi connectivity index (χ4n) is 1.91. The van der Waals surface area contributed by atoms with Crippen LogP contribution in [-0.4, -0.2) is 19.1 Å². The quantitative estimate of drug-likeness (QED) is 0.738. The van der Waals surface area contributed by atoms with Gasteiger partial charge in [-0.2, -0.15) is 5.26 Å². The molecule has 0 fully saturated rings. The molecule has 2 rings (SSSR count). The Morgan fingerprint density at radius 3 is 2.88 bits per heavy atom. The molecule has 0 aliphatic carbocycles. The lowest BCUT2D eigenvalue weighted by Gasteiger charge is -2.29. The molecule has 4 heteroatoms. The minimum atomic E-state index is -0.534. The van der Waals surface area contributed by atoms with Gasteiger partial charge in [0.15, 0.2) is 0 Å². The molecule has 0 saturated heterocycles. The third-order valence-electron chi connectivity index (χ3n) is 2.70. The molecule has 1 aliphatic heterocycles. The van der Waals surface area contributed by atoms with Crippen LogP contribution in [0.25, 0.3) is 6.08 Å². The van der Waals surface area contributed by atoms with Crippen LogP contribution in [-0.2, 0) is 4.79 Å². The number of anilines is 1. The maximum absolute atomic E-state index is 11.6. The molecule has 1 aliphatic rings. The summed E-state index contributed by atoms with van der Waals surface area (Å²) in [7, 11) is 1.59. The smallest absolute Gasteiger partial charge is 0.225 e. The van der Waals surface area contributed by atoms with E-state index in [1.807, 2.05) is 12.1 Å². The van der Waals surface area contributed by atoms with Crippen LogP contribution in [0.2, 0.25) is 0 Å². The minimum absolute atomic E-state index is 0.146. The molecule has 0 spiro atoms. The van der Waals surface area contributed by atoms with Crippen LogP contribution in [0.15, 0.2) is 24.3 Å². The summed E-state index contributed by atoms with van der Waals surface area (Å²) in [5.41, 5.74) is 1.62. The maximum Gasteiger partial charge on any atom is 0.225 e. The second kappa shape index (κ2) is 4.30. The number of ether oxygens (including phenoxy) is 1. The first-order valence-electron chi connectivity index (χ1n) is 5.23. The fourth-order valence-corrected chi connectivity index (χ4v) is 1.91.